The van der Waals surface area contributed by atoms with Crippen molar-refractivity contribution in [2.24, 2.45) is 0 Å². The van der Waals surface area contributed by atoms with Gasteiger partial charge in [0.2, 0.25) is 5.95 Å². The van der Waals surface area contributed by atoms with Crippen molar-refractivity contribution in [1.29, 1.82) is 0 Å². The third kappa shape index (κ3) is 3.23. The highest BCUT2D eigenvalue weighted by atomic mass is 16.5. The minimum absolute atomic E-state index is 0.590. The Morgan fingerprint density at radius 3 is 2.68 bits per heavy atom. The highest BCUT2D eigenvalue weighted by Crippen LogP contribution is 2.26. The Labute approximate surface area is 146 Å². The first kappa shape index (κ1) is 15.7. The van der Waals surface area contributed by atoms with E-state index in [1.165, 1.54) is 5.56 Å². The number of hydrogen-bond donors (Lipinski definition) is 1. The fraction of sp³-hybridized carbons (Fsp3) is 0.333. The number of aromatic nitrogens is 4. The van der Waals surface area contributed by atoms with Crippen LogP contribution in [0.15, 0.2) is 30.6 Å². The van der Waals surface area contributed by atoms with Gasteiger partial charge in [0.15, 0.2) is 17.0 Å². The summed E-state index contributed by atoms with van der Waals surface area (Å²) in [4.78, 5) is 20.2. The van der Waals surface area contributed by atoms with Crippen LogP contribution in [0.5, 0.6) is 0 Å². The molecule has 1 N–H and O–H groups in total. The molecule has 3 heterocycles. The highest BCUT2D eigenvalue weighted by Gasteiger charge is 2.18. The fourth-order valence-electron chi connectivity index (χ4n) is 2.84. The van der Waals surface area contributed by atoms with Crippen LogP contribution in [0.3, 0.4) is 0 Å². The second-order valence-electron chi connectivity index (χ2n) is 6.14. The zero-order valence-corrected chi connectivity index (χ0v) is 14.4. The van der Waals surface area contributed by atoms with Crippen LogP contribution in [0.4, 0.5) is 17.5 Å². The largest absolute Gasteiger partial charge is 0.378 e. The van der Waals surface area contributed by atoms with Crippen LogP contribution in [0.2, 0.25) is 0 Å². The monoisotopic (exact) mass is 336 g/mol. The van der Waals surface area contributed by atoms with Gasteiger partial charge in [0.25, 0.3) is 0 Å². The summed E-state index contributed by atoms with van der Waals surface area (Å²) in [5, 5.41) is 3.42. The van der Waals surface area contributed by atoms with Crippen molar-refractivity contribution in [2.45, 2.75) is 13.8 Å². The third-order valence-corrected chi connectivity index (χ3v) is 4.26. The van der Waals surface area contributed by atoms with E-state index in [4.69, 9.17) is 9.72 Å². The molecule has 7 nitrogen and oxygen atoms in total. The zero-order chi connectivity index (χ0) is 17.2. The van der Waals surface area contributed by atoms with Crippen LogP contribution in [-0.4, -0.2) is 46.2 Å². The van der Waals surface area contributed by atoms with Gasteiger partial charge in [0.1, 0.15) is 0 Å². The van der Waals surface area contributed by atoms with Crippen LogP contribution in [0.25, 0.3) is 11.2 Å². The Balaban J connectivity index is 1.79. The molecule has 128 valence electrons. The molecule has 0 bridgehead atoms. The third-order valence-electron chi connectivity index (χ3n) is 4.26. The van der Waals surface area contributed by atoms with E-state index in [2.05, 4.69) is 57.2 Å². The molecule has 25 heavy (non-hydrogen) atoms. The summed E-state index contributed by atoms with van der Waals surface area (Å²) in [7, 11) is 0. The molecule has 2 aromatic heterocycles. The van der Waals surface area contributed by atoms with Gasteiger partial charge in [-0.1, -0.05) is 12.1 Å². The molecule has 0 aliphatic carbocycles. The molecule has 1 saturated heterocycles. The average Bonchev–Trinajstić information content (AvgIpc) is 2.65. The summed E-state index contributed by atoms with van der Waals surface area (Å²) in [5.74, 6) is 1.33. The summed E-state index contributed by atoms with van der Waals surface area (Å²) in [6, 6.07) is 6.29. The number of nitrogens with one attached hydrogen (secondary N) is 1. The smallest absolute Gasteiger partial charge is 0.229 e. The topological polar surface area (TPSA) is 76.1 Å². The van der Waals surface area contributed by atoms with E-state index >= 15 is 0 Å². The molecular weight excluding hydrogens is 316 g/mol. The number of hydrogen-bond acceptors (Lipinski definition) is 7. The number of anilines is 3. The van der Waals surface area contributed by atoms with Gasteiger partial charge in [-0.25, -0.2) is 9.97 Å². The Morgan fingerprint density at radius 1 is 1.04 bits per heavy atom. The van der Waals surface area contributed by atoms with E-state index in [1.54, 1.807) is 12.4 Å². The first-order valence-electron chi connectivity index (χ1n) is 8.36. The predicted octanol–water partition coefficient (Wildman–Crippen LogP) is 2.62. The number of benzene rings is 1. The quantitative estimate of drug-likeness (QED) is 0.788. The fourth-order valence-corrected chi connectivity index (χ4v) is 2.84. The lowest BCUT2D eigenvalue weighted by Gasteiger charge is -2.27. The maximum absolute atomic E-state index is 5.42. The number of ether oxygens (including phenoxy) is 1. The van der Waals surface area contributed by atoms with E-state index < -0.39 is 0 Å². The van der Waals surface area contributed by atoms with E-state index in [-0.39, 0.29) is 0 Å². The lowest BCUT2D eigenvalue weighted by Crippen LogP contribution is -2.37. The van der Waals surface area contributed by atoms with E-state index in [0.29, 0.717) is 36.1 Å². The van der Waals surface area contributed by atoms with E-state index in [0.717, 1.165) is 24.3 Å². The molecular formula is C18H20N6O. The minimum atomic E-state index is 0.590. The van der Waals surface area contributed by atoms with Gasteiger partial charge in [-0.15, -0.1) is 0 Å². The van der Waals surface area contributed by atoms with Crippen LogP contribution in [0, 0.1) is 13.8 Å². The highest BCUT2D eigenvalue weighted by molar-refractivity contribution is 5.86. The molecule has 1 aliphatic rings. The normalized spacial score (nSPS) is 14.7. The van der Waals surface area contributed by atoms with E-state index in [1.807, 2.05) is 0 Å². The molecule has 0 saturated carbocycles. The van der Waals surface area contributed by atoms with Crippen molar-refractivity contribution in [3.8, 4) is 0 Å². The number of rotatable bonds is 3. The Morgan fingerprint density at radius 2 is 1.84 bits per heavy atom. The van der Waals surface area contributed by atoms with Gasteiger partial charge in [-0.3, -0.25) is 0 Å². The van der Waals surface area contributed by atoms with Crippen LogP contribution in [0.1, 0.15) is 11.1 Å². The predicted molar refractivity (Wildman–Crippen MR) is 97.4 cm³/mol. The second kappa shape index (κ2) is 6.60. The lowest BCUT2D eigenvalue weighted by atomic mass is 10.1. The standard InChI is InChI=1S/C18H20N6O/c1-12-3-4-13(2)14(11-12)21-17-15-16(20-6-5-19-15)22-18(23-17)24-7-9-25-10-8-24/h3-6,11H,7-10H2,1-2H3,(H,20,21,22,23). The zero-order valence-electron chi connectivity index (χ0n) is 14.4. The van der Waals surface area contributed by atoms with Crippen molar-refractivity contribution >= 4 is 28.6 Å². The molecule has 0 spiro atoms. The van der Waals surface area contributed by atoms with Gasteiger partial charge < -0.3 is 15.0 Å². The summed E-state index contributed by atoms with van der Waals surface area (Å²) in [6.07, 6.45) is 3.31. The summed E-state index contributed by atoms with van der Waals surface area (Å²) in [6.45, 7) is 7.05. The molecule has 0 amide bonds. The average molecular weight is 336 g/mol. The van der Waals surface area contributed by atoms with Gasteiger partial charge in [0.05, 0.1) is 13.2 Å². The first-order valence-corrected chi connectivity index (χ1v) is 8.36. The van der Waals surface area contributed by atoms with Crippen LogP contribution >= 0.6 is 0 Å². The second-order valence-corrected chi connectivity index (χ2v) is 6.14. The van der Waals surface area contributed by atoms with Crippen molar-refractivity contribution < 1.29 is 4.74 Å². The number of nitrogens with zero attached hydrogens (tertiary/aromatic N) is 5. The minimum Gasteiger partial charge on any atom is -0.378 e. The maximum Gasteiger partial charge on any atom is 0.229 e. The maximum atomic E-state index is 5.42. The Bertz CT molecular complexity index is 907. The van der Waals surface area contributed by atoms with Crippen molar-refractivity contribution in [1.82, 2.24) is 19.9 Å². The first-order chi connectivity index (χ1) is 12.2. The lowest BCUT2D eigenvalue weighted by molar-refractivity contribution is 0.122. The molecule has 0 unspecified atom stereocenters. The molecule has 0 radical (unpaired) electrons. The summed E-state index contributed by atoms with van der Waals surface area (Å²) >= 11 is 0. The number of morpholine rings is 1. The van der Waals surface area contributed by atoms with Crippen LogP contribution in [-0.2, 0) is 4.74 Å². The Hall–Kier alpha value is -2.80. The van der Waals surface area contributed by atoms with Gasteiger partial charge >= 0.3 is 0 Å². The number of aryl methyl sites for hydroxylation is 2. The summed E-state index contributed by atoms with van der Waals surface area (Å²) in [5.41, 5.74) is 4.60. The Kier molecular flexibility index (Phi) is 4.15. The molecule has 3 aromatic rings. The summed E-state index contributed by atoms with van der Waals surface area (Å²) < 4.78 is 5.42. The van der Waals surface area contributed by atoms with E-state index in [9.17, 15) is 0 Å². The molecule has 1 aliphatic heterocycles. The molecule has 7 heteroatoms. The van der Waals surface area contributed by atoms with Gasteiger partial charge in [-0.05, 0) is 31.0 Å². The molecule has 0 atom stereocenters. The van der Waals surface area contributed by atoms with Crippen LogP contribution < -0.4 is 10.2 Å². The van der Waals surface area contributed by atoms with Crippen molar-refractivity contribution in [3.63, 3.8) is 0 Å². The van der Waals surface area contributed by atoms with Crippen molar-refractivity contribution in [2.75, 3.05) is 36.5 Å². The molecule has 1 aromatic carbocycles. The van der Waals surface area contributed by atoms with Crippen molar-refractivity contribution in [3.05, 3.63) is 41.7 Å². The van der Waals surface area contributed by atoms with Gasteiger partial charge in [-0.2, -0.15) is 9.97 Å². The molecule has 1 fully saturated rings. The number of fused-ring (bicyclic) bond motifs is 1. The SMILES string of the molecule is Cc1ccc(C)c(Nc2nc(N3CCOCC3)nc3nccnc23)c1. The molecule has 4 rings (SSSR count). The van der Waals surface area contributed by atoms with Gasteiger partial charge in [0, 0.05) is 31.2 Å².